The molecule has 0 radical (unpaired) electrons. The quantitative estimate of drug-likeness (QED) is 0.513. The molecule has 0 bridgehead atoms. The Bertz CT molecular complexity index is 142. The van der Waals surface area contributed by atoms with Gasteiger partial charge in [0.1, 0.15) is 0 Å². The highest BCUT2D eigenvalue weighted by atomic mass is 15.1. The fourth-order valence-corrected chi connectivity index (χ4v) is 0.331. The molecule has 1 heterocycles. The molecule has 1 aromatic heterocycles. The molecule has 0 atom stereocenters. The largest absolute Gasteiger partial charge is 0.283 e. The summed E-state index contributed by atoms with van der Waals surface area (Å²) in [7, 11) is 0. The molecule has 3 heteroatoms. The lowest BCUT2D eigenvalue weighted by molar-refractivity contribution is 1.09. The number of rotatable bonds is 1. The van der Waals surface area contributed by atoms with Crippen molar-refractivity contribution in [3.8, 4) is 0 Å². The van der Waals surface area contributed by atoms with Crippen LogP contribution in [0.2, 0.25) is 0 Å². The molecule has 0 aromatic carbocycles. The Morgan fingerprint density at radius 1 is 1.86 bits per heavy atom. The van der Waals surface area contributed by atoms with Gasteiger partial charge in [0, 0.05) is 6.20 Å². The molecule has 0 spiro atoms. The number of aliphatic imine (C=N–C) groups is 1. The fourth-order valence-electron chi connectivity index (χ4n) is 0.331. The van der Waals surface area contributed by atoms with Gasteiger partial charge in [-0.2, -0.15) is 5.10 Å². The second-order valence-corrected chi connectivity index (χ2v) is 1.11. The van der Waals surface area contributed by atoms with Gasteiger partial charge in [-0.1, -0.05) is 0 Å². The van der Waals surface area contributed by atoms with Gasteiger partial charge in [-0.3, -0.25) is 10.1 Å². The lowest BCUT2D eigenvalue weighted by Crippen LogP contribution is -1.53. The van der Waals surface area contributed by atoms with Gasteiger partial charge < -0.3 is 0 Å². The molecule has 1 rings (SSSR count). The van der Waals surface area contributed by atoms with Crippen molar-refractivity contribution in [3.63, 3.8) is 0 Å². The maximum atomic E-state index is 3.63. The topological polar surface area (TPSA) is 41.0 Å². The maximum absolute atomic E-state index is 3.63. The van der Waals surface area contributed by atoms with E-state index in [9.17, 15) is 0 Å². The van der Waals surface area contributed by atoms with E-state index in [1.165, 1.54) is 0 Å². The third kappa shape index (κ3) is 0.652. The summed E-state index contributed by atoms with van der Waals surface area (Å²) >= 11 is 0. The molecule has 0 aliphatic heterocycles. The average molecular weight is 95.1 g/mol. The minimum Gasteiger partial charge on any atom is -0.283 e. The number of aromatic nitrogens is 2. The van der Waals surface area contributed by atoms with Crippen LogP contribution in [0.25, 0.3) is 0 Å². The van der Waals surface area contributed by atoms with Crippen LogP contribution in [0.5, 0.6) is 0 Å². The Hall–Kier alpha value is -1.12. The first kappa shape index (κ1) is 4.05. The summed E-state index contributed by atoms with van der Waals surface area (Å²) < 4.78 is 0. The molecule has 7 heavy (non-hydrogen) atoms. The smallest absolute Gasteiger partial charge is 0.0999 e. The van der Waals surface area contributed by atoms with Crippen molar-refractivity contribution < 1.29 is 0 Å². The minimum absolute atomic E-state index is 0.778. The molecule has 0 unspecified atom stereocenters. The van der Waals surface area contributed by atoms with Gasteiger partial charge in [0.25, 0.3) is 0 Å². The molecule has 0 aliphatic carbocycles. The van der Waals surface area contributed by atoms with Crippen molar-refractivity contribution in [2.24, 2.45) is 4.99 Å². The highest BCUT2D eigenvalue weighted by Crippen LogP contribution is 2.02. The van der Waals surface area contributed by atoms with Crippen molar-refractivity contribution >= 4 is 12.4 Å². The van der Waals surface area contributed by atoms with Crippen molar-refractivity contribution in [2.75, 3.05) is 0 Å². The second kappa shape index (κ2) is 1.55. The van der Waals surface area contributed by atoms with E-state index < -0.39 is 0 Å². The van der Waals surface area contributed by atoms with E-state index in [1.54, 1.807) is 12.4 Å². The van der Waals surface area contributed by atoms with E-state index in [0.29, 0.717) is 0 Å². The normalized spacial score (nSPS) is 8.57. The molecular formula is C4H5N3. The second-order valence-electron chi connectivity index (χ2n) is 1.11. The zero-order valence-electron chi connectivity index (χ0n) is 3.76. The standard InChI is InChI=1S/C4H5N3/c1-5-4-2-6-7-3-4/h2-3H,1H2,(H,6,7). The van der Waals surface area contributed by atoms with Gasteiger partial charge in [-0.15, -0.1) is 0 Å². The van der Waals surface area contributed by atoms with Gasteiger partial charge in [0.2, 0.25) is 0 Å². The van der Waals surface area contributed by atoms with E-state index >= 15 is 0 Å². The van der Waals surface area contributed by atoms with Crippen molar-refractivity contribution in [1.82, 2.24) is 10.2 Å². The molecule has 0 fully saturated rings. The molecule has 36 valence electrons. The number of H-pyrrole nitrogens is 1. The predicted molar refractivity (Wildman–Crippen MR) is 27.8 cm³/mol. The Morgan fingerprint density at radius 3 is 3.00 bits per heavy atom. The SMILES string of the molecule is C=Nc1cn[nH]c1. The fraction of sp³-hybridized carbons (Fsp3) is 0. The Balaban J connectivity index is 2.96. The van der Waals surface area contributed by atoms with E-state index in [-0.39, 0.29) is 0 Å². The van der Waals surface area contributed by atoms with Crippen LogP contribution in [-0.4, -0.2) is 16.9 Å². The molecule has 0 aliphatic rings. The Morgan fingerprint density at radius 2 is 2.71 bits per heavy atom. The van der Waals surface area contributed by atoms with Crippen LogP contribution in [-0.2, 0) is 0 Å². The Kier molecular flexibility index (Phi) is 0.898. The van der Waals surface area contributed by atoms with Crippen LogP contribution >= 0.6 is 0 Å². The van der Waals surface area contributed by atoms with Crippen LogP contribution in [0.4, 0.5) is 5.69 Å². The summed E-state index contributed by atoms with van der Waals surface area (Å²) in [6.45, 7) is 3.29. The average Bonchev–Trinajstić information content (AvgIpc) is 2.14. The molecule has 1 N–H and O–H groups in total. The summed E-state index contributed by atoms with van der Waals surface area (Å²) in [6.07, 6.45) is 3.28. The van der Waals surface area contributed by atoms with Crippen LogP contribution in [0, 0.1) is 0 Å². The number of hydrogen-bond acceptors (Lipinski definition) is 2. The van der Waals surface area contributed by atoms with Crippen LogP contribution < -0.4 is 0 Å². The van der Waals surface area contributed by atoms with Crippen LogP contribution in [0.1, 0.15) is 0 Å². The number of nitrogens with zero attached hydrogens (tertiary/aromatic N) is 2. The lowest BCUT2D eigenvalue weighted by Gasteiger charge is -1.69. The first-order chi connectivity index (χ1) is 3.43. The first-order valence-electron chi connectivity index (χ1n) is 1.89. The van der Waals surface area contributed by atoms with E-state index in [4.69, 9.17) is 0 Å². The van der Waals surface area contributed by atoms with Crippen LogP contribution in [0.15, 0.2) is 17.4 Å². The van der Waals surface area contributed by atoms with Gasteiger partial charge in [0.15, 0.2) is 0 Å². The zero-order valence-corrected chi connectivity index (χ0v) is 3.76. The summed E-state index contributed by atoms with van der Waals surface area (Å²) in [4.78, 5) is 3.59. The van der Waals surface area contributed by atoms with E-state index in [0.717, 1.165) is 5.69 Å². The summed E-state index contributed by atoms with van der Waals surface area (Å²) in [5.41, 5.74) is 0.778. The summed E-state index contributed by atoms with van der Waals surface area (Å²) in [6, 6.07) is 0. The molecule has 1 aromatic rings. The lowest BCUT2D eigenvalue weighted by atomic mass is 10.6. The molecule has 0 saturated carbocycles. The highest BCUT2D eigenvalue weighted by Gasteiger charge is 1.80. The molecule has 0 amide bonds. The van der Waals surface area contributed by atoms with Crippen molar-refractivity contribution in [3.05, 3.63) is 12.4 Å². The number of nitrogens with one attached hydrogen (secondary N) is 1. The van der Waals surface area contributed by atoms with Gasteiger partial charge in [-0.05, 0) is 6.72 Å². The molecule has 0 saturated heterocycles. The molecular weight excluding hydrogens is 90.1 g/mol. The van der Waals surface area contributed by atoms with Crippen LogP contribution in [0.3, 0.4) is 0 Å². The number of aromatic amines is 1. The van der Waals surface area contributed by atoms with Crippen molar-refractivity contribution in [2.45, 2.75) is 0 Å². The Labute approximate surface area is 41.1 Å². The molecule has 3 nitrogen and oxygen atoms in total. The van der Waals surface area contributed by atoms with E-state index in [2.05, 4.69) is 21.9 Å². The predicted octanol–water partition coefficient (Wildman–Crippen LogP) is 0.742. The maximum Gasteiger partial charge on any atom is 0.0999 e. The minimum atomic E-state index is 0.778. The van der Waals surface area contributed by atoms with Gasteiger partial charge in [-0.25, -0.2) is 0 Å². The van der Waals surface area contributed by atoms with Gasteiger partial charge >= 0.3 is 0 Å². The van der Waals surface area contributed by atoms with Gasteiger partial charge in [0.05, 0.1) is 11.9 Å². The third-order valence-corrected chi connectivity index (χ3v) is 0.666. The van der Waals surface area contributed by atoms with E-state index in [1.807, 2.05) is 0 Å². The number of hydrogen-bond donors (Lipinski definition) is 1. The monoisotopic (exact) mass is 95.0 g/mol. The first-order valence-corrected chi connectivity index (χ1v) is 1.89. The summed E-state index contributed by atoms with van der Waals surface area (Å²) in [5.74, 6) is 0. The zero-order chi connectivity index (χ0) is 5.11. The third-order valence-electron chi connectivity index (χ3n) is 0.666. The highest BCUT2D eigenvalue weighted by molar-refractivity contribution is 5.41. The van der Waals surface area contributed by atoms with Crippen molar-refractivity contribution in [1.29, 1.82) is 0 Å². The summed E-state index contributed by atoms with van der Waals surface area (Å²) in [5, 5.41) is 6.23.